The molecule has 2 aromatic heterocycles. The van der Waals surface area contributed by atoms with E-state index in [1.54, 1.807) is 0 Å². The standard InChI is InChI=1S/C80H51NO2/c1-4-16-52(17-5-1)53-30-32-54(33-31-53)55-34-36-56(37-35-55)57-38-44-64(45-39-57)81(65-46-40-60(41-47-65)69-26-14-28-71-75-67-24-12-10-22-62(67)50-73(79(75)82-77(69)71)58-18-6-2-7-19-58)66-48-42-61(43-49-66)70-27-15-29-72-76-68-25-13-11-23-63(68)51-74(80(76)83-78(70)72)59-20-8-3-9-21-59/h1-51H. The van der Waals surface area contributed by atoms with Crippen LogP contribution >= 0.6 is 0 Å². The van der Waals surface area contributed by atoms with Gasteiger partial charge in [0.2, 0.25) is 0 Å². The van der Waals surface area contributed by atoms with Gasteiger partial charge in [0.15, 0.2) is 0 Å². The lowest BCUT2D eigenvalue weighted by Crippen LogP contribution is -2.09. The fourth-order valence-electron chi connectivity index (χ4n) is 12.6. The summed E-state index contributed by atoms with van der Waals surface area (Å²) in [5.41, 5.74) is 22.5. The Morgan fingerprint density at radius 2 is 0.470 bits per heavy atom. The summed E-state index contributed by atoms with van der Waals surface area (Å²) in [6.07, 6.45) is 0. The van der Waals surface area contributed by atoms with Gasteiger partial charge in [-0.2, -0.15) is 0 Å². The lowest BCUT2D eigenvalue weighted by molar-refractivity contribution is 0.671. The van der Waals surface area contributed by atoms with Gasteiger partial charge in [-0.05, 0) is 126 Å². The Balaban J connectivity index is 0.780. The van der Waals surface area contributed by atoms with Crippen molar-refractivity contribution in [1.29, 1.82) is 0 Å². The van der Waals surface area contributed by atoms with E-state index >= 15 is 0 Å². The van der Waals surface area contributed by atoms with E-state index in [0.29, 0.717) is 0 Å². The third-order valence-corrected chi connectivity index (χ3v) is 16.7. The van der Waals surface area contributed by atoms with Gasteiger partial charge in [0.1, 0.15) is 22.3 Å². The van der Waals surface area contributed by atoms with Gasteiger partial charge in [-0.15, -0.1) is 0 Å². The highest BCUT2D eigenvalue weighted by Crippen LogP contribution is 2.47. The number of anilines is 3. The van der Waals surface area contributed by atoms with Crippen molar-refractivity contribution in [2.24, 2.45) is 0 Å². The predicted molar refractivity (Wildman–Crippen MR) is 349 cm³/mol. The molecule has 0 bridgehead atoms. The minimum atomic E-state index is 0.879. The molecule has 0 N–H and O–H groups in total. The quantitative estimate of drug-likeness (QED) is 0.137. The van der Waals surface area contributed by atoms with Crippen molar-refractivity contribution in [3.05, 3.63) is 309 Å². The molecule has 3 heteroatoms. The highest BCUT2D eigenvalue weighted by molar-refractivity contribution is 6.25. The molecular weight excluding hydrogens is 1010 g/mol. The number of hydrogen-bond donors (Lipinski definition) is 0. The van der Waals surface area contributed by atoms with Gasteiger partial charge in [0, 0.05) is 60.9 Å². The second-order valence-electron chi connectivity index (χ2n) is 21.5. The zero-order valence-corrected chi connectivity index (χ0v) is 45.2. The van der Waals surface area contributed by atoms with Crippen molar-refractivity contribution in [3.63, 3.8) is 0 Å². The average molecular weight is 1060 g/mol. The molecule has 16 rings (SSSR count). The third kappa shape index (κ3) is 8.37. The Labute approximate surface area is 480 Å². The van der Waals surface area contributed by atoms with Crippen LogP contribution in [0.5, 0.6) is 0 Å². The molecular formula is C80H51NO2. The van der Waals surface area contributed by atoms with Crippen LogP contribution in [0.1, 0.15) is 0 Å². The molecule has 0 aliphatic heterocycles. The van der Waals surface area contributed by atoms with Gasteiger partial charge in [0.25, 0.3) is 0 Å². The van der Waals surface area contributed by atoms with E-state index < -0.39 is 0 Å². The molecule has 0 saturated carbocycles. The minimum Gasteiger partial charge on any atom is -0.455 e. The van der Waals surface area contributed by atoms with E-state index in [0.717, 1.165) is 117 Å². The lowest BCUT2D eigenvalue weighted by atomic mass is 9.95. The first-order valence-electron chi connectivity index (χ1n) is 28.4. The average Bonchev–Trinajstić information content (AvgIpc) is 4.16. The second-order valence-corrected chi connectivity index (χ2v) is 21.5. The van der Waals surface area contributed by atoms with Crippen molar-refractivity contribution >= 4 is 82.5 Å². The first-order valence-corrected chi connectivity index (χ1v) is 28.4. The van der Waals surface area contributed by atoms with Crippen LogP contribution in [0.3, 0.4) is 0 Å². The maximum Gasteiger partial charge on any atom is 0.143 e. The monoisotopic (exact) mass is 1060 g/mol. The van der Waals surface area contributed by atoms with Gasteiger partial charge in [-0.1, -0.05) is 261 Å². The fourth-order valence-corrected chi connectivity index (χ4v) is 12.6. The molecule has 3 nitrogen and oxygen atoms in total. The van der Waals surface area contributed by atoms with Crippen LogP contribution in [0.15, 0.2) is 318 Å². The van der Waals surface area contributed by atoms with Crippen LogP contribution in [0, 0.1) is 0 Å². The second kappa shape index (κ2) is 20.0. The van der Waals surface area contributed by atoms with Gasteiger partial charge < -0.3 is 13.7 Å². The first kappa shape index (κ1) is 48.0. The Morgan fingerprint density at radius 3 is 0.843 bits per heavy atom. The number of benzene rings is 14. The highest BCUT2D eigenvalue weighted by atomic mass is 16.3. The minimum absolute atomic E-state index is 0.879. The number of nitrogens with zero attached hydrogens (tertiary/aromatic N) is 1. The maximum atomic E-state index is 7.06. The van der Waals surface area contributed by atoms with Crippen molar-refractivity contribution < 1.29 is 8.83 Å². The Hall–Kier alpha value is -11.0. The predicted octanol–water partition coefficient (Wildman–Crippen LogP) is 22.9. The highest BCUT2D eigenvalue weighted by Gasteiger charge is 2.22. The van der Waals surface area contributed by atoms with Crippen LogP contribution < -0.4 is 4.90 Å². The lowest BCUT2D eigenvalue weighted by Gasteiger charge is -2.26. The summed E-state index contributed by atoms with van der Waals surface area (Å²) in [5, 5.41) is 9.23. The Bertz CT molecular complexity index is 4820. The molecule has 0 aliphatic carbocycles. The SMILES string of the molecule is c1ccc(-c2ccc(-c3ccc(-c4ccc(N(c5ccc(-c6cccc7c6oc6c(-c8ccccc8)cc8ccccc8c67)cc5)c5ccc(-c6cccc7c6oc6c(-c8ccccc8)cc8ccccc8c67)cc5)cc4)cc3)cc2)cc1. The smallest absolute Gasteiger partial charge is 0.143 e. The normalized spacial score (nSPS) is 11.6. The molecule has 0 amide bonds. The fraction of sp³-hybridized carbons (Fsp3) is 0. The molecule has 0 spiro atoms. The van der Waals surface area contributed by atoms with Crippen molar-refractivity contribution in [2.75, 3.05) is 4.90 Å². The summed E-state index contributed by atoms with van der Waals surface area (Å²) in [4.78, 5) is 2.35. The van der Waals surface area contributed by atoms with Crippen molar-refractivity contribution in [2.45, 2.75) is 0 Å². The van der Waals surface area contributed by atoms with Gasteiger partial charge >= 0.3 is 0 Å². The molecule has 0 radical (unpaired) electrons. The van der Waals surface area contributed by atoms with E-state index in [-0.39, 0.29) is 0 Å². The molecule has 0 fully saturated rings. The van der Waals surface area contributed by atoms with Crippen molar-refractivity contribution in [3.8, 4) is 77.9 Å². The van der Waals surface area contributed by atoms with E-state index in [2.05, 4.69) is 314 Å². The summed E-state index contributed by atoms with van der Waals surface area (Å²) in [5.74, 6) is 0. The molecule has 14 aromatic carbocycles. The van der Waals surface area contributed by atoms with Gasteiger partial charge in [0.05, 0.1) is 0 Å². The Kier molecular flexibility index (Phi) is 11.5. The number of rotatable bonds is 10. The van der Waals surface area contributed by atoms with Gasteiger partial charge in [-0.25, -0.2) is 0 Å². The van der Waals surface area contributed by atoms with Crippen LogP contribution in [-0.4, -0.2) is 0 Å². The van der Waals surface area contributed by atoms with Crippen LogP contribution in [0.2, 0.25) is 0 Å². The molecule has 0 aliphatic rings. The van der Waals surface area contributed by atoms with Crippen LogP contribution in [0.4, 0.5) is 17.1 Å². The molecule has 83 heavy (non-hydrogen) atoms. The summed E-state index contributed by atoms with van der Waals surface area (Å²) < 4.78 is 14.1. The number of furan rings is 2. The number of fused-ring (bicyclic) bond motifs is 10. The molecule has 388 valence electrons. The molecule has 16 aromatic rings. The maximum absolute atomic E-state index is 7.06. The van der Waals surface area contributed by atoms with Crippen LogP contribution in [0.25, 0.3) is 143 Å². The van der Waals surface area contributed by atoms with Crippen molar-refractivity contribution in [1.82, 2.24) is 0 Å². The third-order valence-electron chi connectivity index (χ3n) is 16.7. The van der Waals surface area contributed by atoms with E-state index in [1.807, 2.05) is 0 Å². The molecule has 0 atom stereocenters. The zero-order valence-electron chi connectivity index (χ0n) is 45.2. The summed E-state index contributed by atoms with van der Waals surface area (Å²) in [7, 11) is 0. The first-order chi connectivity index (χ1) is 41.1. The van der Waals surface area contributed by atoms with E-state index in [9.17, 15) is 0 Å². The molecule has 0 saturated heterocycles. The summed E-state index contributed by atoms with van der Waals surface area (Å²) in [6.45, 7) is 0. The van der Waals surface area contributed by atoms with Gasteiger partial charge in [-0.3, -0.25) is 0 Å². The summed E-state index contributed by atoms with van der Waals surface area (Å²) in [6, 6.07) is 111. The number of para-hydroxylation sites is 2. The number of hydrogen-bond acceptors (Lipinski definition) is 3. The zero-order chi connectivity index (χ0) is 54.8. The Morgan fingerprint density at radius 1 is 0.193 bits per heavy atom. The van der Waals surface area contributed by atoms with Crippen LogP contribution in [-0.2, 0) is 0 Å². The molecule has 2 heterocycles. The topological polar surface area (TPSA) is 29.5 Å². The van der Waals surface area contributed by atoms with E-state index in [1.165, 1.54) is 43.8 Å². The summed E-state index contributed by atoms with van der Waals surface area (Å²) >= 11 is 0. The van der Waals surface area contributed by atoms with E-state index in [4.69, 9.17) is 8.83 Å². The largest absolute Gasteiger partial charge is 0.455 e. The molecule has 0 unspecified atom stereocenters.